The smallest absolute Gasteiger partial charge is 0.302 e. The first-order valence-electron chi connectivity index (χ1n) is 10.6. The van der Waals surface area contributed by atoms with E-state index in [1.165, 1.54) is 12.5 Å². The Morgan fingerprint density at radius 2 is 1.81 bits per heavy atom. The number of hydrogen-bond donors (Lipinski definition) is 0. The first-order valence-corrected chi connectivity index (χ1v) is 10.6. The number of ether oxygens (including phenoxy) is 1. The highest BCUT2D eigenvalue weighted by Gasteiger charge is 2.64. The summed E-state index contributed by atoms with van der Waals surface area (Å²) in [6, 6.07) is 0. The van der Waals surface area contributed by atoms with Gasteiger partial charge in [0.1, 0.15) is 11.9 Å². The van der Waals surface area contributed by atoms with Crippen LogP contribution in [0.4, 0.5) is 0 Å². The topological polar surface area (TPSA) is 60.4 Å². The molecular weight excluding hydrogens is 340 g/mol. The number of hydrogen-bond acceptors (Lipinski definition) is 4. The highest BCUT2D eigenvalue weighted by molar-refractivity contribution is 5.91. The number of fused-ring (bicyclic) bond motifs is 5. The number of esters is 1. The van der Waals surface area contributed by atoms with Gasteiger partial charge in [0.2, 0.25) is 0 Å². The van der Waals surface area contributed by atoms with E-state index in [0.29, 0.717) is 24.2 Å². The second-order valence-corrected chi connectivity index (χ2v) is 9.91. The predicted octanol–water partition coefficient (Wildman–Crippen LogP) is 4.27. The number of ketones is 2. The normalized spacial score (nSPS) is 46.0. The fraction of sp³-hybridized carbons (Fsp3) is 0.783. The highest BCUT2D eigenvalue weighted by Crippen LogP contribution is 2.67. The molecule has 0 aromatic rings. The lowest BCUT2D eigenvalue weighted by molar-refractivity contribution is -0.180. The number of carbonyl (C=O) groups is 3. The minimum atomic E-state index is -0.249. The van der Waals surface area contributed by atoms with E-state index in [4.69, 9.17) is 4.74 Å². The Labute approximate surface area is 162 Å². The van der Waals surface area contributed by atoms with Gasteiger partial charge < -0.3 is 4.74 Å². The van der Waals surface area contributed by atoms with Crippen LogP contribution in [0.2, 0.25) is 0 Å². The Morgan fingerprint density at radius 1 is 1.07 bits per heavy atom. The number of allylic oxidation sites excluding steroid dienone is 1. The van der Waals surface area contributed by atoms with Crippen molar-refractivity contribution in [1.29, 1.82) is 0 Å². The van der Waals surface area contributed by atoms with Crippen molar-refractivity contribution in [1.82, 2.24) is 0 Å². The Kier molecular flexibility index (Phi) is 4.40. The second-order valence-electron chi connectivity index (χ2n) is 9.91. The summed E-state index contributed by atoms with van der Waals surface area (Å²) >= 11 is 0. The molecule has 0 saturated heterocycles. The van der Waals surface area contributed by atoms with Crippen molar-refractivity contribution in [2.45, 2.75) is 78.7 Å². The largest absolute Gasteiger partial charge is 0.462 e. The number of carbonyl (C=O) groups excluding carboxylic acids is 3. The van der Waals surface area contributed by atoms with Crippen LogP contribution in [0.5, 0.6) is 0 Å². The molecule has 0 radical (unpaired) electrons. The van der Waals surface area contributed by atoms with Crippen LogP contribution in [0.25, 0.3) is 0 Å². The molecule has 4 rings (SSSR count). The van der Waals surface area contributed by atoms with Gasteiger partial charge in [0, 0.05) is 24.7 Å². The van der Waals surface area contributed by atoms with E-state index in [1.807, 2.05) is 6.08 Å². The van der Waals surface area contributed by atoms with Crippen molar-refractivity contribution in [3.8, 4) is 0 Å². The Balaban J connectivity index is 1.75. The summed E-state index contributed by atoms with van der Waals surface area (Å²) < 4.78 is 5.91. The molecule has 4 nitrogen and oxygen atoms in total. The van der Waals surface area contributed by atoms with Crippen LogP contribution >= 0.6 is 0 Å². The van der Waals surface area contributed by atoms with Gasteiger partial charge in [-0.3, -0.25) is 14.4 Å². The summed E-state index contributed by atoms with van der Waals surface area (Å²) in [5.41, 5.74) is 1.09. The minimum Gasteiger partial charge on any atom is -0.462 e. The van der Waals surface area contributed by atoms with Crippen LogP contribution in [-0.2, 0) is 19.1 Å². The lowest BCUT2D eigenvalue weighted by atomic mass is 9.46. The molecular formula is C23H32O4. The van der Waals surface area contributed by atoms with E-state index < -0.39 is 0 Å². The SMILES string of the molecule is CC(=O)O[C@H]1C[C@H]2[C@@H](CCC3=CC(=O)CC[C@@]32C)[C@@H]2CC[C@H](C(C)=O)[C@@]12C. The summed E-state index contributed by atoms with van der Waals surface area (Å²) in [6.45, 7) is 7.71. The summed E-state index contributed by atoms with van der Waals surface area (Å²) in [7, 11) is 0. The van der Waals surface area contributed by atoms with Gasteiger partial charge in [0.15, 0.2) is 5.78 Å². The number of rotatable bonds is 2. The lowest BCUT2D eigenvalue weighted by Gasteiger charge is -2.60. The maximum atomic E-state index is 12.4. The average molecular weight is 373 g/mol. The van der Waals surface area contributed by atoms with Crippen LogP contribution < -0.4 is 0 Å². The molecule has 3 saturated carbocycles. The van der Waals surface area contributed by atoms with E-state index in [2.05, 4.69) is 13.8 Å². The summed E-state index contributed by atoms with van der Waals surface area (Å²) in [5.74, 6) is 1.65. The maximum Gasteiger partial charge on any atom is 0.302 e. The minimum absolute atomic E-state index is 0.00882. The Morgan fingerprint density at radius 3 is 2.48 bits per heavy atom. The molecule has 7 atom stereocenters. The summed E-state index contributed by atoms with van der Waals surface area (Å²) in [5, 5.41) is 0. The molecule has 0 spiro atoms. The zero-order valence-electron chi connectivity index (χ0n) is 17.0. The molecule has 0 aliphatic heterocycles. The zero-order chi connectivity index (χ0) is 19.6. The summed E-state index contributed by atoms with van der Waals surface area (Å²) in [4.78, 5) is 36.4. The first-order chi connectivity index (χ1) is 12.7. The molecule has 0 aromatic heterocycles. The predicted molar refractivity (Wildman–Crippen MR) is 102 cm³/mol. The monoisotopic (exact) mass is 372 g/mol. The van der Waals surface area contributed by atoms with E-state index in [0.717, 1.165) is 38.5 Å². The first kappa shape index (κ1) is 18.9. The van der Waals surface area contributed by atoms with E-state index in [9.17, 15) is 14.4 Å². The van der Waals surface area contributed by atoms with Crippen LogP contribution in [-0.4, -0.2) is 23.6 Å². The van der Waals surface area contributed by atoms with Gasteiger partial charge in [0.05, 0.1) is 0 Å². The van der Waals surface area contributed by atoms with Crippen LogP contribution in [0.15, 0.2) is 11.6 Å². The summed E-state index contributed by atoms with van der Waals surface area (Å²) in [6.07, 6.45) is 8.11. The molecule has 4 aliphatic carbocycles. The van der Waals surface area contributed by atoms with Gasteiger partial charge in [0.25, 0.3) is 0 Å². The molecule has 0 bridgehead atoms. The third-order valence-corrected chi connectivity index (χ3v) is 8.84. The third-order valence-electron chi connectivity index (χ3n) is 8.84. The molecule has 0 aromatic carbocycles. The molecule has 148 valence electrons. The molecule has 0 amide bonds. The fourth-order valence-electron chi connectivity index (χ4n) is 7.53. The third kappa shape index (κ3) is 2.66. The second kappa shape index (κ2) is 6.28. The lowest BCUT2D eigenvalue weighted by Crippen LogP contribution is -2.58. The van der Waals surface area contributed by atoms with Crippen molar-refractivity contribution >= 4 is 17.5 Å². The van der Waals surface area contributed by atoms with E-state index in [1.54, 1.807) is 6.92 Å². The standard InChI is InChI=1S/C23H32O4/c1-13(24)18-7-8-19-17-6-5-15-11-16(26)9-10-22(15,3)20(17)12-21(23(18,19)4)27-14(2)25/h11,17-21H,5-10,12H2,1-4H3/t17-,18+,19-,20-,21-,22-,23+/m0/s1. The van der Waals surface area contributed by atoms with Crippen LogP contribution in [0.1, 0.15) is 72.6 Å². The van der Waals surface area contributed by atoms with Gasteiger partial charge in [-0.1, -0.05) is 19.4 Å². The quantitative estimate of drug-likeness (QED) is 0.679. The Hall–Kier alpha value is -1.45. The van der Waals surface area contributed by atoms with Gasteiger partial charge in [-0.2, -0.15) is 0 Å². The zero-order valence-corrected chi connectivity index (χ0v) is 17.0. The Bertz CT molecular complexity index is 722. The number of Topliss-reactive ketones (excluding diaryl/α,β-unsaturated/α-hetero) is 1. The van der Waals surface area contributed by atoms with Gasteiger partial charge in [-0.25, -0.2) is 0 Å². The van der Waals surface area contributed by atoms with Crippen molar-refractivity contribution < 1.29 is 19.1 Å². The molecule has 3 fully saturated rings. The molecule has 4 heteroatoms. The van der Waals surface area contributed by atoms with Gasteiger partial charge in [-0.15, -0.1) is 0 Å². The van der Waals surface area contributed by atoms with Crippen molar-refractivity contribution in [3.63, 3.8) is 0 Å². The van der Waals surface area contributed by atoms with Crippen LogP contribution in [0, 0.1) is 34.5 Å². The van der Waals surface area contributed by atoms with Crippen LogP contribution in [0.3, 0.4) is 0 Å². The fourth-order valence-corrected chi connectivity index (χ4v) is 7.53. The molecule has 0 unspecified atom stereocenters. The average Bonchev–Trinajstić information content (AvgIpc) is 2.95. The molecule has 0 heterocycles. The van der Waals surface area contributed by atoms with Gasteiger partial charge >= 0.3 is 5.97 Å². The highest BCUT2D eigenvalue weighted by atomic mass is 16.5. The maximum absolute atomic E-state index is 12.4. The van der Waals surface area contributed by atoms with E-state index >= 15 is 0 Å². The molecule has 4 aliphatic rings. The van der Waals surface area contributed by atoms with E-state index in [-0.39, 0.29) is 40.4 Å². The van der Waals surface area contributed by atoms with Crippen molar-refractivity contribution in [2.75, 3.05) is 0 Å². The van der Waals surface area contributed by atoms with Crippen molar-refractivity contribution in [2.24, 2.45) is 34.5 Å². The van der Waals surface area contributed by atoms with Crippen molar-refractivity contribution in [3.05, 3.63) is 11.6 Å². The van der Waals surface area contributed by atoms with Gasteiger partial charge in [-0.05, 0) is 74.7 Å². The molecule has 0 N–H and O–H groups in total. The molecule has 27 heavy (non-hydrogen) atoms.